The molecule has 0 spiro atoms. The molecule has 0 unspecified atom stereocenters. The second kappa shape index (κ2) is 8.91. The summed E-state index contributed by atoms with van der Waals surface area (Å²) in [7, 11) is 0. The SMILES string of the molecule is CCn1c(=O)[nH]c(=O)n(-c2cc(Cl)c(Sc3c(C)cc([N+](=O)[O-])cc3Cl)c(Cl)c2)c1=O. The highest BCUT2D eigenvalue weighted by Gasteiger charge is 2.19. The van der Waals surface area contributed by atoms with E-state index in [1.54, 1.807) is 13.8 Å². The Balaban J connectivity index is 2.12. The van der Waals surface area contributed by atoms with Gasteiger partial charge in [0.15, 0.2) is 0 Å². The number of aryl methyl sites for hydroxylation is 1. The zero-order valence-electron chi connectivity index (χ0n) is 15.9. The minimum absolute atomic E-state index is 0.0573. The van der Waals surface area contributed by atoms with Gasteiger partial charge in [-0.3, -0.25) is 15.1 Å². The highest BCUT2D eigenvalue weighted by atomic mass is 35.5. The van der Waals surface area contributed by atoms with Crippen molar-refractivity contribution in [1.29, 1.82) is 0 Å². The summed E-state index contributed by atoms with van der Waals surface area (Å²) < 4.78 is 1.60. The summed E-state index contributed by atoms with van der Waals surface area (Å²) >= 11 is 20.1. The van der Waals surface area contributed by atoms with Crippen LogP contribution in [0.5, 0.6) is 0 Å². The number of non-ortho nitro benzene ring substituents is 1. The Hall–Kier alpha value is -2.53. The number of nitrogens with one attached hydrogen (secondary N) is 1. The summed E-state index contributed by atoms with van der Waals surface area (Å²) in [6.45, 7) is 3.30. The molecule has 0 radical (unpaired) electrons. The van der Waals surface area contributed by atoms with Gasteiger partial charge in [0, 0.05) is 28.5 Å². The number of nitro benzene ring substituents is 1. The van der Waals surface area contributed by atoms with E-state index in [1.165, 1.54) is 24.3 Å². The Labute approximate surface area is 193 Å². The second-order valence-electron chi connectivity index (χ2n) is 6.27. The van der Waals surface area contributed by atoms with Gasteiger partial charge in [-0.15, -0.1) is 0 Å². The summed E-state index contributed by atoms with van der Waals surface area (Å²) in [5.41, 5.74) is -2.12. The molecule has 1 N–H and O–H groups in total. The minimum atomic E-state index is -0.929. The molecule has 0 aliphatic rings. The predicted molar refractivity (Wildman–Crippen MR) is 120 cm³/mol. The van der Waals surface area contributed by atoms with Crippen LogP contribution < -0.4 is 17.1 Å². The molecule has 2 aromatic carbocycles. The first-order valence-corrected chi connectivity index (χ1v) is 10.6. The van der Waals surface area contributed by atoms with Crippen LogP contribution in [0.3, 0.4) is 0 Å². The number of H-pyrrole nitrogens is 1. The van der Waals surface area contributed by atoms with E-state index in [4.69, 9.17) is 34.8 Å². The zero-order valence-corrected chi connectivity index (χ0v) is 19.0. The molecular weight excluding hydrogens is 491 g/mol. The lowest BCUT2D eigenvalue weighted by Crippen LogP contribution is -2.48. The van der Waals surface area contributed by atoms with Crippen molar-refractivity contribution in [3.8, 4) is 5.69 Å². The van der Waals surface area contributed by atoms with Crippen molar-refractivity contribution in [2.45, 2.75) is 30.2 Å². The molecule has 0 saturated heterocycles. The molecule has 31 heavy (non-hydrogen) atoms. The van der Waals surface area contributed by atoms with E-state index in [0.29, 0.717) is 15.4 Å². The van der Waals surface area contributed by atoms with Gasteiger partial charge in [0.05, 0.1) is 25.7 Å². The normalized spacial score (nSPS) is 11.0. The standard InChI is InChI=1S/C18H13Cl3N4O5S/c1-3-23-16(26)22-17(27)24(18(23)28)9-5-12(20)15(13(21)6-9)31-14-8(2)4-10(25(29)30)7-11(14)19/h4-7H,3H2,1-2H3,(H,22,26,27). The smallest absolute Gasteiger partial charge is 0.258 e. The molecule has 0 aliphatic heterocycles. The molecule has 0 saturated carbocycles. The zero-order chi connectivity index (χ0) is 23.0. The van der Waals surface area contributed by atoms with E-state index in [0.717, 1.165) is 20.9 Å². The molecule has 0 bridgehead atoms. The van der Waals surface area contributed by atoms with E-state index in [1.807, 2.05) is 0 Å². The van der Waals surface area contributed by atoms with Crippen molar-refractivity contribution in [1.82, 2.24) is 14.1 Å². The first kappa shape index (κ1) is 23.1. The maximum Gasteiger partial charge on any atom is 0.340 e. The fourth-order valence-electron chi connectivity index (χ4n) is 2.84. The van der Waals surface area contributed by atoms with Crippen LogP contribution in [0.2, 0.25) is 15.1 Å². The molecule has 0 fully saturated rings. The second-order valence-corrected chi connectivity index (χ2v) is 8.51. The van der Waals surface area contributed by atoms with Crippen LogP contribution in [0, 0.1) is 17.0 Å². The van der Waals surface area contributed by atoms with Gasteiger partial charge < -0.3 is 0 Å². The number of hydrogen-bond donors (Lipinski definition) is 1. The van der Waals surface area contributed by atoms with Crippen LogP contribution in [0.1, 0.15) is 12.5 Å². The minimum Gasteiger partial charge on any atom is -0.258 e. The quantitative estimate of drug-likeness (QED) is 0.414. The maximum atomic E-state index is 12.6. The van der Waals surface area contributed by atoms with Crippen molar-refractivity contribution in [3.05, 3.63) is 86.5 Å². The van der Waals surface area contributed by atoms with Crippen molar-refractivity contribution in [3.63, 3.8) is 0 Å². The number of aromatic amines is 1. The predicted octanol–water partition coefficient (Wildman–Crippen LogP) is 4.04. The van der Waals surface area contributed by atoms with Gasteiger partial charge >= 0.3 is 17.1 Å². The third-order valence-corrected chi connectivity index (χ3v) is 6.89. The fraction of sp³-hybridized carbons (Fsp3) is 0.167. The van der Waals surface area contributed by atoms with E-state index >= 15 is 0 Å². The van der Waals surface area contributed by atoms with Gasteiger partial charge in [0.1, 0.15) is 0 Å². The Bertz CT molecular complexity index is 1350. The molecule has 1 aromatic heterocycles. The summed E-state index contributed by atoms with van der Waals surface area (Å²) in [6, 6.07) is 5.30. The number of aromatic nitrogens is 3. The van der Waals surface area contributed by atoms with Gasteiger partial charge in [-0.2, -0.15) is 0 Å². The molecule has 162 valence electrons. The van der Waals surface area contributed by atoms with Crippen LogP contribution in [0.4, 0.5) is 5.69 Å². The lowest BCUT2D eigenvalue weighted by molar-refractivity contribution is -0.384. The number of hydrogen-bond acceptors (Lipinski definition) is 6. The highest BCUT2D eigenvalue weighted by molar-refractivity contribution is 7.99. The van der Waals surface area contributed by atoms with Crippen molar-refractivity contribution < 1.29 is 4.92 Å². The van der Waals surface area contributed by atoms with Crippen molar-refractivity contribution >= 4 is 52.3 Å². The van der Waals surface area contributed by atoms with Gasteiger partial charge in [-0.25, -0.2) is 23.5 Å². The maximum absolute atomic E-state index is 12.6. The average molecular weight is 504 g/mol. The molecule has 3 aromatic rings. The molecule has 1 heterocycles. The van der Waals surface area contributed by atoms with E-state index in [-0.39, 0.29) is 33.0 Å². The van der Waals surface area contributed by atoms with E-state index in [2.05, 4.69) is 4.98 Å². The summed E-state index contributed by atoms with van der Waals surface area (Å²) in [5, 5.41) is 11.4. The first-order chi connectivity index (χ1) is 14.5. The lowest BCUT2D eigenvalue weighted by atomic mass is 10.2. The molecular formula is C18H13Cl3N4O5S. The van der Waals surface area contributed by atoms with Gasteiger partial charge in [-0.1, -0.05) is 46.6 Å². The fourth-order valence-corrected chi connectivity index (χ4v) is 4.82. The monoisotopic (exact) mass is 502 g/mol. The number of rotatable bonds is 5. The molecule has 0 atom stereocenters. The number of halogens is 3. The number of nitrogens with zero attached hydrogens (tertiary/aromatic N) is 3. The van der Waals surface area contributed by atoms with Crippen LogP contribution >= 0.6 is 46.6 Å². The van der Waals surface area contributed by atoms with Crippen LogP contribution in [0.25, 0.3) is 5.69 Å². The largest absolute Gasteiger partial charge is 0.340 e. The first-order valence-electron chi connectivity index (χ1n) is 8.63. The summed E-state index contributed by atoms with van der Waals surface area (Å²) in [5.74, 6) is 0. The van der Waals surface area contributed by atoms with Gasteiger partial charge in [0.25, 0.3) is 5.69 Å². The van der Waals surface area contributed by atoms with E-state index < -0.39 is 22.0 Å². The Morgan fingerprint density at radius 2 is 1.58 bits per heavy atom. The Morgan fingerprint density at radius 3 is 2.10 bits per heavy atom. The number of nitro groups is 1. The molecule has 0 amide bonds. The summed E-state index contributed by atoms with van der Waals surface area (Å²) in [6.07, 6.45) is 0. The molecule has 13 heteroatoms. The van der Waals surface area contributed by atoms with Crippen molar-refractivity contribution in [2.24, 2.45) is 0 Å². The lowest BCUT2D eigenvalue weighted by Gasteiger charge is -2.13. The van der Waals surface area contributed by atoms with Crippen LogP contribution in [0.15, 0.2) is 48.4 Å². The van der Waals surface area contributed by atoms with Crippen LogP contribution in [-0.4, -0.2) is 19.0 Å². The molecule has 9 nitrogen and oxygen atoms in total. The number of benzene rings is 2. The summed E-state index contributed by atoms with van der Waals surface area (Å²) in [4.78, 5) is 50.0. The molecule has 3 rings (SSSR count). The topological polar surface area (TPSA) is 120 Å². The average Bonchev–Trinajstić information content (AvgIpc) is 2.66. The van der Waals surface area contributed by atoms with Crippen molar-refractivity contribution in [2.75, 3.05) is 0 Å². The Kier molecular flexibility index (Phi) is 6.65. The Morgan fingerprint density at radius 1 is 1.00 bits per heavy atom. The van der Waals surface area contributed by atoms with Gasteiger partial charge in [0.2, 0.25) is 0 Å². The third-order valence-electron chi connectivity index (χ3n) is 4.27. The van der Waals surface area contributed by atoms with Gasteiger partial charge in [-0.05, 0) is 31.5 Å². The highest BCUT2D eigenvalue weighted by Crippen LogP contribution is 2.44. The van der Waals surface area contributed by atoms with Crippen LogP contribution in [-0.2, 0) is 6.54 Å². The van der Waals surface area contributed by atoms with E-state index in [9.17, 15) is 24.5 Å². The molecule has 0 aliphatic carbocycles. The third kappa shape index (κ3) is 4.42.